The maximum absolute atomic E-state index is 12.2. The van der Waals surface area contributed by atoms with Gasteiger partial charge in [0, 0.05) is 22.0 Å². The molecule has 0 aliphatic carbocycles. The van der Waals surface area contributed by atoms with Gasteiger partial charge in [-0.05, 0) is 29.8 Å². The number of hydrogen-bond acceptors (Lipinski definition) is 3. The molecular formula is C17H15Cl2NO3. The van der Waals surface area contributed by atoms with Crippen LogP contribution in [0.25, 0.3) is 0 Å². The number of methoxy groups -OCH3 is 1. The summed E-state index contributed by atoms with van der Waals surface area (Å²) in [6.07, 6.45) is 0.210. The van der Waals surface area contributed by atoms with Gasteiger partial charge >= 0.3 is 5.97 Å². The Bertz CT molecular complexity index is 704. The first-order chi connectivity index (χ1) is 11.0. The quantitative estimate of drug-likeness (QED) is 0.838. The topological polar surface area (TPSA) is 55.4 Å². The molecule has 0 aromatic heterocycles. The fourth-order valence-corrected chi connectivity index (χ4v) is 2.56. The van der Waals surface area contributed by atoms with Crippen molar-refractivity contribution in [2.75, 3.05) is 7.11 Å². The maximum Gasteiger partial charge on any atom is 0.328 e. The zero-order valence-corrected chi connectivity index (χ0v) is 13.9. The minimum atomic E-state index is -0.841. The van der Waals surface area contributed by atoms with E-state index in [1.54, 1.807) is 42.5 Å². The predicted octanol–water partition coefficient (Wildman–Crippen LogP) is 3.51. The molecule has 23 heavy (non-hydrogen) atoms. The molecule has 2 rings (SSSR count). The van der Waals surface area contributed by atoms with E-state index >= 15 is 0 Å². The van der Waals surface area contributed by atoms with E-state index in [0.29, 0.717) is 21.2 Å². The molecule has 0 aliphatic heterocycles. The maximum atomic E-state index is 12.2. The molecule has 2 aromatic rings. The van der Waals surface area contributed by atoms with Gasteiger partial charge in [0.2, 0.25) is 0 Å². The normalized spacial score (nSPS) is 11.6. The van der Waals surface area contributed by atoms with Crippen molar-refractivity contribution in [2.24, 2.45) is 0 Å². The highest BCUT2D eigenvalue weighted by atomic mass is 35.5. The van der Waals surface area contributed by atoms with Crippen LogP contribution >= 0.6 is 23.2 Å². The second kappa shape index (κ2) is 7.99. The standard InChI is InChI=1S/C17H15Cl2NO3/c1-23-17(22)15(9-12-7-8-13(18)10-14(12)19)20-16(21)11-5-3-2-4-6-11/h2-8,10,15H,9H2,1H3,(H,20,21)/t15-/m1/s1. The van der Waals surface area contributed by atoms with Gasteiger partial charge in [0.05, 0.1) is 7.11 Å². The smallest absolute Gasteiger partial charge is 0.328 e. The second-order valence-electron chi connectivity index (χ2n) is 4.86. The average molecular weight is 352 g/mol. The summed E-state index contributed by atoms with van der Waals surface area (Å²) in [4.78, 5) is 24.2. The Morgan fingerprint density at radius 1 is 1.13 bits per heavy atom. The van der Waals surface area contributed by atoms with Crippen molar-refractivity contribution in [3.63, 3.8) is 0 Å². The number of amides is 1. The van der Waals surface area contributed by atoms with Gasteiger partial charge < -0.3 is 10.1 Å². The number of ether oxygens (including phenoxy) is 1. The number of nitrogens with one attached hydrogen (secondary N) is 1. The molecule has 0 spiro atoms. The van der Waals surface area contributed by atoms with Gasteiger partial charge in [-0.2, -0.15) is 0 Å². The summed E-state index contributed by atoms with van der Waals surface area (Å²) in [5.41, 5.74) is 1.16. The van der Waals surface area contributed by atoms with Crippen molar-refractivity contribution >= 4 is 35.1 Å². The number of carbonyl (C=O) groups excluding carboxylic acids is 2. The summed E-state index contributed by atoms with van der Waals surface area (Å²) < 4.78 is 4.76. The molecule has 4 nitrogen and oxygen atoms in total. The van der Waals surface area contributed by atoms with Crippen LogP contribution < -0.4 is 5.32 Å². The fraction of sp³-hybridized carbons (Fsp3) is 0.176. The lowest BCUT2D eigenvalue weighted by Gasteiger charge is -2.17. The van der Waals surface area contributed by atoms with Crippen LogP contribution in [-0.4, -0.2) is 25.0 Å². The molecule has 0 unspecified atom stereocenters. The number of hydrogen-bond donors (Lipinski definition) is 1. The molecule has 0 bridgehead atoms. The average Bonchev–Trinajstić information content (AvgIpc) is 2.56. The lowest BCUT2D eigenvalue weighted by atomic mass is 10.1. The summed E-state index contributed by atoms with van der Waals surface area (Å²) >= 11 is 12.0. The third kappa shape index (κ3) is 4.71. The molecule has 0 saturated heterocycles. The van der Waals surface area contributed by atoms with Gasteiger partial charge in [0.15, 0.2) is 0 Å². The Labute approximate surface area is 144 Å². The van der Waals surface area contributed by atoms with Crippen LogP contribution in [-0.2, 0) is 16.0 Å². The third-order valence-electron chi connectivity index (χ3n) is 3.27. The zero-order chi connectivity index (χ0) is 16.8. The number of carbonyl (C=O) groups is 2. The SMILES string of the molecule is COC(=O)[C@@H](Cc1ccc(Cl)cc1Cl)NC(=O)c1ccccc1. The Morgan fingerprint density at radius 2 is 1.83 bits per heavy atom. The van der Waals surface area contributed by atoms with Crippen molar-refractivity contribution < 1.29 is 14.3 Å². The summed E-state index contributed by atoms with van der Waals surface area (Å²) in [7, 11) is 1.27. The number of esters is 1. The minimum Gasteiger partial charge on any atom is -0.467 e. The van der Waals surface area contributed by atoms with Gasteiger partial charge in [0.25, 0.3) is 5.91 Å². The Kier molecular flexibility index (Phi) is 6.02. The summed E-state index contributed by atoms with van der Waals surface area (Å²) in [5, 5.41) is 3.60. The van der Waals surface area contributed by atoms with E-state index in [2.05, 4.69) is 5.32 Å². The van der Waals surface area contributed by atoms with E-state index in [1.807, 2.05) is 6.07 Å². The van der Waals surface area contributed by atoms with E-state index in [0.717, 1.165) is 0 Å². The van der Waals surface area contributed by atoms with Gasteiger partial charge in [-0.25, -0.2) is 4.79 Å². The van der Waals surface area contributed by atoms with E-state index in [-0.39, 0.29) is 12.3 Å². The molecule has 1 atom stereocenters. The monoisotopic (exact) mass is 351 g/mol. The summed E-state index contributed by atoms with van der Waals surface area (Å²) in [5.74, 6) is -0.897. The van der Waals surface area contributed by atoms with Crippen LogP contribution in [0.4, 0.5) is 0 Å². The fourth-order valence-electron chi connectivity index (χ4n) is 2.07. The first-order valence-corrected chi connectivity index (χ1v) is 7.64. The predicted molar refractivity (Wildman–Crippen MR) is 89.9 cm³/mol. The van der Waals surface area contributed by atoms with Crippen LogP contribution in [0.15, 0.2) is 48.5 Å². The third-order valence-corrected chi connectivity index (χ3v) is 3.85. The Hall–Kier alpha value is -2.04. The molecule has 0 heterocycles. The van der Waals surface area contributed by atoms with Crippen LogP contribution in [0.5, 0.6) is 0 Å². The Balaban J connectivity index is 2.17. The Morgan fingerprint density at radius 3 is 2.43 bits per heavy atom. The highest BCUT2D eigenvalue weighted by molar-refractivity contribution is 6.35. The first kappa shape index (κ1) is 17.3. The number of benzene rings is 2. The first-order valence-electron chi connectivity index (χ1n) is 6.89. The largest absolute Gasteiger partial charge is 0.467 e. The molecule has 0 radical (unpaired) electrons. The minimum absolute atomic E-state index is 0.210. The molecule has 6 heteroatoms. The second-order valence-corrected chi connectivity index (χ2v) is 5.70. The van der Waals surface area contributed by atoms with E-state index < -0.39 is 12.0 Å². The molecule has 0 saturated carbocycles. The lowest BCUT2D eigenvalue weighted by Crippen LogP contribution is -2.43. The summed E-state index contributed by atoms with van der Waals surface area (Å²) in [6.45, 7) is 0. The number of halogens is 2. The van der Waals surface area contributed by atoms with Crippen LogP contribution in [0.2, 0.25) is 10.0 Å². The van der Waals surface area contributed by atoms with Crippen LogP contribution in [0.3, 0.4) is 0 Å². The van der Waals surface area contributed by atoms with Gasteiger partial charge in [-0.3, -0.25) is 4.79 Å². The molecule has 120 valence electrons. The van der Waals surface area contributed by atoms with Crippen molar-refractivity contribution in [1.82, 2.24) is 5.32 Å². The van der Waals surface area contributed by atoms with Crippen LogP contribution in [0, 0.1) is 0 Å². The van der Waals surface area contributed by atoms with E-state index in [1.165, 1.54) is 7.11 Å². The van der Waals surface area contributed by atoms with Crippen molar-refractivity contribution in [2.45, 2.75) is 12.5 Å². The van der Waals surface area contributed by atoms with Crippen molar-refractivity contribution in [3.05, 3.63) is 69.7 Å². The van der Waals surface area contributed by atoms with Crippen molar-refractivity contribution in [3.8, 4) is 0 Å². The zero-order valence-electron chi connectivity index (χ0n) is 12.4. The molecule has 1 amide bonds. The molecule has 2 aromatic carbocycles. The van der Waals surface area contributed by atoms with E-state index in [9.17, 15) is 9.59 Å². The molecule has 0 fully saturated rings. The molecule has 1 N–H and O–H groups in total. The highest BCUT2D eigenvalue weighted by Gasteiger charge is 2.23. The van der Waals surface area contributed by atoms with Crippen molar-refractivity contribution in [1.29, 1.82) is 0 Å². The van der Waals surface area contributed by atoms with Gasteiger partial charge in [-0.1, -0.05) is 47.5 Å². The van der Waals surface area contributed by atoms with Gasteiger partial charge in [-0.15, -0.1) is 0 Å². The van der Waals surface area contributed by atoms with Crippen LogP contribution in [0.1, 0.15) is 15.9 Å². The molecular weight excluding hydrogens is 337 g/mol. The lowest BCUT2D eigenvalue weighted by molar-refractivity contribution is -0.142. The number of rotatable bonds is 5. The summed E-state index contributed by atoms with van der Waals surface area (Å²) in [6, 6.07) is 12.8. The molecule has 0 aliphatic rings. The van der Waals surface area contributed by atoms with E-state index in [4.69, 9.17) is 27.9 Å². The highest BCUT2D eigenvalue weighted by Crippen LogP contribution is 2.22. The van der Waals surface area contributed by atoms with Gasteiger partial charge in [0.1, 0.15) is 6.04 Å².